The molecule has 8 heteroatoms. The highest BCUT2D eigenvalue weighted by molar-refractivity contribution is 5.57. The second kappa shape index (κ2) is 13.9. The summed E-state index contributed by atoms with van der Waals surface area (Å²) in [6.45, 7) is 3.74. The lowest BCUT2D eigenvalue weighted by Gasteiger charge is -2.15. The molecule has 0 aliphatic rings. The van der Waals surface area contributed by atoms with Crippen LogP contribution in [0.2, 0.25) is 0 Å². The van der Waals surface area contributed by atoms with Crippen molar-refractivity contribution in [2.45, 2.75) is 77.6 Å². The van der Waals surface area contributed by atoms with E-state index in [0.29, 0.717) is 18.8 Å². The van der Waals surface area contributed by atoms with Gasteiger partial charge in [-0.25, -0.2) is 23.1 Å². The van der Waals surface area contributed by atoms with Gasteiger partial charge in [0.25, 0.3) is 0 Å². The van der Waals surface area contributed by atoms with E-state index in [-0.39, 0.29) is 17.8 Å². The molecule has 0 saturated heterocycles. The molecule has 4 nitrogen and oxygen atoms in total. The van der Waals surface area contributed by atoms with Gasteiger partial charge in [0.15, 0.2) is 29.3 Å². The number of halogens is 4. The fraction of sp³-hybridized carbons (Fsp3) is 0.583. The summed E-state index contributed by atoms with van der Waals surface area (Å²) in [6, 6.07) is 2.39. The van der Waals surface area contributed by atoms with Crippen molar-refractivity contribution in [1.29, 1.82) is 0 Å². The predicted molar refractivity (Wildman–Crippen MR) is 116 cm³/mol. The highest BCUT2D eigenvalue weighted by Gasteiger charge is 2.23. The summed E-state index contributed by atoms with van der Waals surface area (Å²) >= 11 is 0. The molecule has 2 aromatic rings. The van der Waals surface area contributed by atoms with Gasteiger partial charge in [0.05, 0.1) is 24.6 Å². The summed E-state index contributed by atoms with van der Waals surface area (Å²) in [5.74, 6) is -2.58. The van der Waals surface area contributed by atoms with Crippen molar-refractivity contribution >= 4 is 0 Å². The average molecular weight is 457 g/mol. The Morgan fingerprint density at radius 2 is 1.50 bits per heavy atom. The van der Waals surface area contributed by atoms with Gasteiger partial charge in [-0.1, -0.05) is 52.4 Å². The quantitative estimate of drug-likeness (QED) is 0.213. The molecule has 0 fully saturated rings. The zero-order valence-corrected chi connectivity index (χ0v) is 18.8. The van der Waals surface area contributed by atoms with Gasteiger partial charge in [-0.3, -0.25) is 0 Å². The Kier molecular flexibility index (Phi) is 11.2. The van der Waals surface area contributed by atoms with Crippen molar-refractivity contribution in [3.63, 3.8) is 0 Å². The topological polar surface area (TPSA) is 44.2 Å². The van der Waals surface area contributed by atoms with Gasteiger partial charge in [-0.05, 0) is 25.0 Å². The molecule has 2 rings (SSSR count). The van der Waals surface area contributed by atoms with Crippen molar-refractivity contribution in [2.24, 2.45) is 0 Å². The Bertz CT molecular complexity index is 805. The van der Waals surface area contributed by atoms with E-state index in [0.717, 1.165) is 18.9 Å². The maximum absolute atomic E-state index is 14.5. The predicted octanol–water partition coefficient (Wildman–Crippen LogP) is 7.02. The van der Waals surface area contributed by atoms with Gasteiger partial charge in [0, 0.05) is 0 Å². The first-order chi connectivity index (χ1) is 15.5. The van der Waals surface area contributed by atoms with Crippen molar-refractivity contribution in [1.82, 2.24) is 9.97 Å². The number of hydrogen-bond acceptors (Lipinski definition) is 4. The molecule has 2 atom stereocenters. The minimum Gasteiger partial charge on any atom is -0.490 e. The van der Waals surface area contributed by atoms with Gasteiger partial charge in [0.2, 0.25) is 5.82 Å². The molecule has 0 radical (unpaired) electrons. The molecule has 178 valence electrons. The SMILES string of the molecule is CCCCCCCCOc1cnc(-c2ccc(OC[C@@H](F)[C@H](F)CCC)c(F)c2F)nc1. The van der Waals surface area contributed by atoms with Crippen LogP contribution in [0.4, 0.5) is 17.6 Å². The lowest BCUT2D eigenvalue weighted by molar-refractivity contribution is 0.100. The first kappa shape index (κ1) is 25.9. The molecule has 0 bridgehead atoms. The molecule has 32 heavy (non-hydrogen) atoms. The molecule has 0 aliphatic heterocycles. The minimum absolute atomic E-state index is 0.0185. The number of alkyl halides is 2. The molecule has 1 aromatic heterocycles. The Balaban J connectivity index is 1.91. The Morgan fingerprint density at radius 1 is 0.812 bits per heavy atom. The monoisotopic (exact) mass is 456 g/mol. The van der Waals surface area contributed by atoms with E-state index in [4.69, 9.17) is 9.47 Å². The van der Waals surface area contributed by atoms with Crippen LogP contribution >= 0.6 is 0 Å². The summed E-state index contributed by atoms with van der Waals surface area (Å²) in [7, 11) is 0. The highest BCUT2D eigenvalue weighted by atomic mass is 19.2. The largest absolute Gasteiger partial charge is 0.490 e. The first-order valence-corrected chi connectivity index (χ1v) is 11.3. The number of rotatable bonds is 15. The fourth-order valence-corrected chi connectivity index (χ4v) is 3.15. The van der Waals surface area contributed by atoms with Gasteiger partial charge in [0.1, 0.15) is 12.8 Å². The van der Waals surface area contributed by atoms with E-state index in [9.17, 15) is 17.6 Å². The first-order valence-electron chi connectivity index (χ1n) is 11.3. The number of ether oxygens (including phenoxy) is 2. The van der Waals surface area contributed by atoms with E-state index in [1.54, 1.807) is 6.92 Å². The van der Waals surface area contributed by atoms with Crippen molar-refractivity contribution < 1.29 is 27.0 Å². The third-order valence-corrected chi connectivity index (χ3v) is 5.04. The molecule has 0 aliphatic carbocycles. The normalized spacial score (nSPS) is 13.1. The molecular formula is C24H32F4N2O2. The number of hydrogen-bond donors (Lipinski definition) is 0. The summed E-state index contributed by atoms with van der Waals surface area (Å²) in [5, 5.41) is 0. The van der Waals surface area contributed by atoms with Crippen LogP contribution in [0.1, 0.15) is 65.2 Å². The van der Waals surface area contributed by atoms with Crippen LogP contribution in [-0.2, 0) is 0 Å². The maximum atomic E-state index is 14.5. The van der Waals surface area contributed by atoms with E-state index in [1.165, 1.54) is 44.1 Å². The van der Waals surface area contributed by atoms with Crippen LogP contribution in [0.5, 0.6) is 11.5 Å². The number of unbranched alkanes of at least 4 members (excludes halogenated alkanes) is 5. The summed E-state index contributed by atoms with van der Waals surface area (Å²) < 4.78 is 66.6. The fourth-order valence-electron chi connectivity index (χ4n) is 3.15. The average Bonchev–Trinajstić information content (AvgIpc) is 2.80. The number of nitrogens with zero attached hydrogens (tertiary/aromatic N) is 2. The maximum Gasteiger partial charge on any atom is 0.201 e. The van der Waals surface area contributed by atoms with Crippen LogP contribution < -0.4 is 9.47 Å². The van der Waals surface area contributed by atoms with Crippen molar-refractivity contribution in [2.75, 3.05) is 13.2 Å². The number of aromatic nitrogens is 2. The van der Waals surface area contributed by atoms with Crippen LogP contribution in [0.25, 0.3) is 11.4 Å². The molecule has 0 unspecified atom stereocenters. The van der Waals surface area contributed by atoms with Gasteiger partial charge in [-0.15, -0.1) is 0 Å². The van der Waals surface area contributed by atoms with Crippen LogP contribution in [-0.4, -0.2) is 35.5 Å². The molecular weight excluding hydrogens is 424 g/mol. The van der Waals surface area contributed by atoms with Crippen molar-refractivity contribution in [3.8, 4) is 22.9 Å². The third-order valence-electron chi connectivity index (χ3n) is 5.04. The van der Waals surface area contributed by atoms with Gasteiger partial charge in [-0.2, -0.15) is 4.39 Å². The summed E-state index contributed by atoms with van der Waals surface area (Å²) in [4.78, 5) is 8.09. The lowest BCUT2D eigenvalue weighted by Crippen LogP contribution is -2.24. The van der Waals surface area contributed by atoms with Gasteiger partial charge < -0.3 is 9.47 Å². The molecule has 0 amide bonds. The Morgan fingerprint density at radius 3 is 2.19 bits per heavy atom. The Hall–Kier alpha value is -2.38. The van der Waals surface area contributed by atoms with E-state index < -0.39 is 36.3 Å². The van der Waals surface area contributed by atoms with Crippen LogP contribution in [0.3, 0.4) is 0 Å². The third kappa shape index (κ3) is 7.95. The molecule has 0 spiro atoms. The standard InChI is InChI=1S/C24H32F4N2O2/c1-3-5-6-7-8-9-13-31-17-14-29-24(30-15-17)18-11-12-21(23(28)22(18)27)32-16-20(26)19(25)10-4-2/h11-12,14-15,19-20H,3-10,13,16H2,1-2H3/t19-,20-/m1/s1. The molecule has 1 heterocycles. The second-order valence-corrected chi connectivity index (χ2v) is 7.73. The number of benzene rings is 1. The molecule has 0 saturated carbocycles. The zero-order chi connectivity index (χ0) is 23.3. The van der Waals surface area contributed by atoms with Crippen LogP contribution in [0.15, 0.2) is 24.5 Å². The minimum atomic E-state index is -1.91. The highest BCUT2D eigenvalue weighted by Crippen LogP contribution is 2.29. The smallest absolute Gasteiger partial charge is 0.201 e. The molecule has 1 aromatic carbocycles. The lowest BCUT2D eigenvalue weighted by atomic mass is 10.1. The Labute approximate surface area is 187 Å². The van der Waals surface area contributed by atoms with Crippen molar-refractivity contribution in [3.05, 3.63) is 36.2 Å². The zero-order valence-electron chi connectivity index (χ0n) is 18.8. The van der Waals surface area contributed by atoms with E-state index in [1.807, 2.05) is 0 Å². The second-order valence-electron chi connectivity index (χ2n) is 7.73. The van der Waals surface area contributed by atoms with Gasteiger partial charge >= 0.3 is 0 Å². The molecule has 0 N–H and O–H groups in total. The summed E-state index contributed by atoms with van der Waals surface area (Å²) in [5.41, 5.74) is -0.163. The summed E-state index contributed by atoms with van der Waals surface area (Å²) in [6.07, 6.45) is 6.57. The van der Waals surface area contributed by atoms with E-state index >= 15 is 0 Å². The van der Waals surface area contributed by atoms with E-state index in [2.05, 4.69) is 16.9 Å². The van der Waals surface area contributed by atoms with Crippen LogP contribution in [0, 0.1) is 11.6 Å².